The fourth-order valence-electron chi connectivity index (χ4n) is 4.41. The fraction of sp³-hybridized carbons (Fsp3) is 0.464. The van der Waals surface area contributed by atoms with Gasteiger partial charge >= 0.3 is 0 Å². The first-order valence-corrected chi connectivity index (χ1v) is 13.1. The van der Waals surface area contributed by atoms with Crippen LogP contribution in [0.25, 0.3) is 5.69 Å². The molecule has 0 amide bonds. The smallest absolute Gasteiger partial charge is 0.293 e. The number of carbonyl (C=O) groups is 1. The fourth-order valence-corrected chi connectivity index (χ4v) is 4.41. The molecule has 2 bridgehead atoms. The number of aromatic nitrogens is 4. The van der Waals surface area contributed by atoms with E-state index < -0.39 is 5.82 Å². The van der Waals surface area contributed by atoms with Crippen LogP contribution in [0.1, 0.15) is 44.9 Å². The molecule has 2 aliphatic heterocycles. The normalized spacial score (nSPS) is 20.1. The lowest BCUT2D eigenvalue weighted by Gasteiger charge is -2.39. The van der Waals surface area contributed by atoms with E-state index in [1.54, 1.807) is 25.1 Å². The molecule has 0 aliphatic carbocycles. The largest absolute Gasteiger partial charge is 0.474 e. The number of morpholine rings is 1. The summed E-state index contributed by atoms with van der Waals surface area (Å²) in [5, 5.41) is 10.7. The minimum absolute atomic E-state index is 0.0303. The number of nitrogens with one attached hydrogen (secondary N) is 2. The number of halogens is 1. The zero-order chi connectivity index (χ0) is 28.9. The zero-order valence-electron chi connectivity index (χ0n) is 23.3. The van der Waals surface area contributed by atoms with Crippen LogP contribution in [0.15, 0.2) is 41.5 Å². The molecule has 3 aromatic rings. The Balaban J connectivity index is 0.000000470. The highest BCUT2D eigenvalue weighted by molar-refractivity contribution is 5.62. The summed E-state index contributed by atoms with van der Waals surface area (Å²) in [6.07, 6.45) is 3.11. The molecule has 2 unspecified atom stereocenters. The van der Waals surface area contributed by atoms with Crippen molar-refractivity contribution in [2.24, 2.45) is 0 Å². The van der Waals surface area contributed by atoms with Gasteiger partial charge in [-0.15, -0.1) is 0 Å². The van der Waals surface area contributed by atoms with Crippen molar-refractivity contribution >= 4 is 18.0 Å². The molecule has 40 heavy (non-hydrogen) atoms. The van der Waals surface area contributed by atoms with Crippen LogP contribution in [0.3, 0.4) is 0 Å². The molecule has 5 rings (SSSR count). The quantitative estimate of drug-likeness (QED) is 0.438. The summed E-state index contributed by atoms with van der Waals surface area (Å²) in [5.41, 5.74) is 1.27. The topological polar surface area (TPSA) is 129 Å². The number of anilines is 2. The Morgan fingerprint density at radius 3 is 2.48 bits per heavy atom. The van der Waals surface area contributed by atoms with Gasteiger partial charge in [0.05, 0.1) is 35.8 Å². The SMILES string of the molecule is CC(C)(C)OC=O.Cc1ccc(=O)n(-c2ccc(Nc3ncnc(OC4CC5COCC(C4)N5)c3C)c(F)c2)n1. The van der Waals surface area contributed by atoms with Crippen LogP contribution in [0.5, 0.6) is 5.88 Å². The monoisotopic (exact) mass is 554 g/mol. The number of hydrogen-bond donors (Lipinski definition) is 2. The van der Waals surface area contributed by atoms with Crippen molar-refractivity contribution in [1.29, 1.82) is 0 Å². The molecular formula is C28H35FN6O5. The van der Waals surface area contributed by atoms with Crippen LogP contribution in [0.4, 0.5) is 15.9 Å². The summed E-state index contributed by atoms with van der Waals surface area (Å²) in [5.74, 6) is 0.398. The third kappa shape index (κ3) is 7.60. The highest BCUT2D eigenvalue weighted by atomic mass is 19.1. The van der Waals surface area contributed by atoms with Gasteiger partial charge < -0.3 is 24.8 Å². The average molecular weight is 555 g/mol. The lowest BCUT2D eigenvalue weighted by Crippen LogP contribution is -2.56. The molecule has 12 heteroatoms. The van der Waals surface area contributed by atoms with Crippen LogP contribution < -0.4 is 20.9 Å². The van der Waals surface area contributed by atoms with Crippen LogP contribution in [0, 0.1) is 19.7 Å². The number of rotatable bonds is 6. The first-order valence-electron chi connectivity index (χ1n) is 13.1. The Hall–Kier alpha value is -3.90. The van der Waals surface area contributed by atoms with Crippen molar-refractivity contribution in [3.63, 3.8) is 0 Å². The molecule has 2 N–H and O–H groups in total. The second-order valence-electron chi connectivity index (χ2n) is 10.8. The van der Waals surface area contributed by atoms with Crippen LogP contribution in [0.2, 0.25) is 0 Å². The Morgan fingerprint density at radius 2 is 1.85 bits per heavy atom. The third-order valence-corrected chi connectivity index (χ3v) is 6.31. The predicted molar refractivity (Wildman–Crippen MR) is 147 cm³/mol. The molecule has 0 spiro atoms. The number of piperidine rings is 1. The van der Waals surface area contributed by atoms with Crippen LogP contribution in [-0.4, -0.2) is 63.2 Å². The lowest BCUT2D eigenvalue weighted by atomic mass is 9.95. The van der Waals surface area contributed by atoms with Gasteiger partial charge in [0.2, 0.25) is 5.88 Å². The molecular weight excluding hydrogens is 519 g/mol. The highest BCUT2D eigenvalue weighted by Gasteiger charge is 2.33. The van der Waals surface area contributed by atoms with Gasteiger partial charge in [-0.2, -0.15) is 9.78 Å². The molecule has 0 radical (unpaired) electrons. The lowest BCUT2D eigenvalue weighted by molar-refractivity contribution is -0.138. The van der Waals surface area contributed by atoms with E-state index in [0.29, 0.717) is 48.3 Å². The highest BCUT2D eigenvalue weighted by Crippen LogP contribution is 2.29. The molecule has 2 aromatic heterocycles. The first-order chi connectivity index (χ1) is 19.0. The molecule has 2 atom stereocenters. The summed E-state index contributed by atoms with van der Waals surface area (Å²) < 4.78 is 32.4. The number of ether oxygens (including phenoxy) is 3. The summed E-state index contributed by atoms with van der Waals surface area (Å²) in [6.45, 7) is 10.9. The molecule has 11 nitrogen and oxygen atoms in total. The second kappa shape index (κ2) is 12.5. The minimum Gasteiger partial charge on any atom is -0.474 e. The maximum Gasteiger partial charge on any atom is 0.293 e. The summed E-state index contributed by atoms with van der Waals surface area (Å²) >= 11 is 0. The number of aryl methyl sites for hydroxylation is 1. The minimum atomic E-state index is -0.533. The Bertz CT molecular complexity index is 1380. The van der Waals surface area contributed by atoms with Crippen molar-refractivity contribution in [1.82, 2.24) is 25.1 Å². The first kappa shape index (κ1) is 29.1. The van der Waals surface area contributed by atoms with Crippen LogP contribution in [-0.2, 0) is 14.3 Å². The average Bonchev–Trinajstić information content (AvgIpc) is 2.88. The third-order valence-electron chi connectivity index (χ3n) is 6.31. The van der Waals surface area contributed by atoms with Gasteiger partial charge in [-0.1, -0.05) is 0 Å². The Labute approximate surface area is 232 Å². The van der Waals surface area contributed by atoms with E-state index in [1.807, 2.05) is 27.7 Å². The number of benzene rings is 1. The molecule has 2 aliphatic rings. The number of hydrogen-bond acceptors (Lipinski definition) is 10. The van der Waals surface area contributed by atoms with E-state index in [0.717, 1.165) is 12.8 Å². The molecule has 2 saturated heterocycles. The van der Waals surface area contributed by atoms with Crippen molar-refractivity contribution in [3.05, 3.63) is 64.1 Å². The number of nitrogens with zero attached hydrogens (tertiary/aromatic N) is 4. The van der Waals surface area contributed by atoms with E-state index in [1.165, 1.54) is 23.1 Å². The summed E-state index contributed by atoms with van der Waals surface area (Å²) in [4.78, 5) is 30.2. The Kier molecular flexibility index (Phi) is 9.10. The van der Waals surface area contributed by atoms with Gasteiger partial charge in [-0.3, -0.25) is 9.59 Å². The second-order valence-corrected chi connectivity index (χ2v) is 10.8. The van der Waals surface area contributed by atoms with Gasteiger partial charge in [0, 0.05) is 37.1 Å². The summed E-state index contributed by atoms with van der Waals surface area (Å²) in [7, 11) is 0. The predicted octanol–water partition coefficient (Wildman–Crippen LogP) is 3.38. The van der Waals surface area contributed by atoms with Gasteiger partial charge in [0.1, 0.15) is 29.7 Å². The molecule has 0 saturated carbocycles. The van der Waals surface area contributed by atoms with E-state index in [-0.39, 0.29) is 35.0 Å². The van der Waals surface area contributed by atoms with E-state index in [4.69, 9.17) is 9.47 Å². The summed E-state index contributed by atoms with van der Waals surface area (Å²) in [6, 6.07) is 8.03. The van der Waals surface area contributed by atoms with Gasteiger partial charge in [-0.05, 0) is 52.8 Å². The maximum atomic E-state index is 14.9. The molecule has 2 fully saturated rings. The van der Waals surface area contributed by atoms with Gasteiger partial charge in [0.25, 0.3) is 12.0 Å². The van der Waals surface area contributed by atoms with E-state index >= 15 is 0 Å². The van der Waals surface area contributed by atoms with E-state index in [2.05, 4.69) is 30.4 Å². The van der Waals surface area contributed by atoms with E-state index in [9.17, 15) is 14.0 Å². The number of fused-ring (bicyclic) bond motifs is 2. The molecule has 4 heterocycles. The van der Waals surface area contributed by atoms with Crippen molar-refractivity contribution < 1.29 is 23.4 Å². The number of carbonyl (C=O) groups excluding carboxylic acids is 1. The van der Waals surface area contributed by atoms with Crippen molar-refractivity contribution in [3.8, 4) is 11.6 Å². The standard InChI is InChI=1S/C23H25FN6O3.C5H10O2/c1-13-3-6-21(31)30(29-13)17-4-5-20(19(24)9-17)28-22-14(2)23(26-12-25-22)33-18-7-15-10-32-11-16(8-18)27-15;1-5(2,3)7-4-6/h3-6,9,12,15-16,18,27H,7-8,10-11H2,1-2H3,(H,25,26,28);4H,1-3H3. The Morgan fingerprint density at radius 1 is 1.12 bits per heavy atom. The van der Waals surface area contributed by atoms with Crippen molar-refractivity contribution in [2.45, 2.75) is 71.2 Å². The maximum absolute atomic E-state index is 14.9. The molecule has 1 aromatic carbocycles. The van der Waals surface area contributed by atoms with Gasteiger partial charge in [0.15, 0.2) is 0 Å². The van der Waals surface area contributed by atoms with Crippen LogP contribution >= 0.6 is 0 Å². The zero-order valence-corrected chi connectivity index (χ0v) is 23.3. The van der Waals surface area contributed by atoms with Crippen molar-refractivity contribution in [2.75, 3.05) is 18.5 Å². The molecule has 214 valence electrons. The van der Waals surface area contributed by atoms with Gasteiger partial charge in [-0.25, -0.2) is 14.4 Å².